The summed E-state index contributed by atoms with van der Waals surface area (Å²) in [5.74, 6) is 0.215. The summed E-state index contributed by atoms with van der Waals surface area (Å²) < 4.78 is 5.21. The Hall–Kier alpha value is -2.47. The summed E-state index contributed by atoms with van der Waals surface area (Å²) in [5.41, 5.74) is 2.23. The SMILES string of the molecule is O=C(NC1CCCN(C(=O)c2ccco2)C1)N1CCc2c(Cl)cccc2C1. The number of nitrogens with zero attached hydrogens (tertiary/aromatic N) is 2. The molecule has 6 nitrogen and oxygen atoms in total. The standard InChI is InChI=1S/C20H22ClN3O3/c21-17-6-1-4-14-12-24(10-8-16(14)17)20(26)22-15-5-2-9-23(13-15)19(25)18-7-3-11-27-18/h1,3-4,6-7,11,15H,2,5,8-10,12-13H2,(H,22,26). The molecular weight excluding hydrogens is 366 g/mol. The summed E-state index contributed by atoms with van der Waals surface area (Å²) >= 11 is 6.25. The van der Waals surface area contributed by atoms with Gasteiger partial charge in [0.1, 0.15) is 0 Å². The zero-order valence-electron chi connectivity index (χ0n) is 15.0. The van der Waals surface area contributed by atoms with Crippen molar-refractivity contribution in [3.05, 3.63) is 58.5 Å². The summed E-state index contributed by atoms with van der Waals surface area (Å²) in [7, 11) is 0. The van der Waals surface area contributed by atoms with Gasteiger partial charge in [-0.05, 0) is 48.6 Å². The van der Waals surface area contributed by atoms with E-state index in [2.05, 4.69) is 5.32 Å². The highest BCUT2D eigenvalue weighted by Gasteiger charge is 2.29. The van der Waals surface area contributed by atoms with Crippen LogP contribution in [0.15, 0.2) is 41.0 Å². The zero-order chi connectivity index (χ0) is 18.8. The van der Waals surface area contributed by atoms with E-state index in [0.29, 0.717) is 31.9 Å². The van der Waals surface area contributed by atoms with Gasteiger partial charge in [0.15, 0.2) is 5.76 Å². The first kappa shape index (κ1) is 17.9. The molecule has 1 saturated heterocycles. The summed E-state index contributed by atoms with van der Waals surface area (Å²) in [6.45, 7) is 2.39. The molecule has 3 heterocycles. The largest absolute Gasteiger partial charge is 0.459 e. The number of hydrogen-bond donors (Lipinski definition) is 1. The number of benzene rings is 1. The summed E-state index contributed by atoms with van der Waals surface area (Å²) in [6, 6.07) is 9.07. The zero-order valence-corrected chi connectivity index (χ0v) is 15.7. The van der Waals surface area contributed by atoms with Crippen molar-refractivity contribution in [2.75, 3.05) is 19.6 Å². The van der Waals surface area contributed by atoms with Gasteiger partial charge in [0.2, 0.25) is 0 Å². The van der Waals surface area contributed by atoms with Crippen LogP contribution in [0.25, 0.3) is 0 Å². The van der Waals surface area contributed by atoms with Gasteiger partial charge in [-0.1, -0.05) is 23.7 Å². The minimum atomic E-state index is -0.125. The lowest BCUT2D eigenvalue weighted by atomic mass is 10.00. The highest BCUT2D eigenvalue weighted by Crippen LogP contribution is 2.26. The first-order chi connectivity index (χ1) is 13.1. The maximum absolute atomic E-state index is 12.7. The molecule has 142 valence electrons. The van der Waals surface area contributed by atoms with Crippen LogP contribution in [-0.2, 0) is 13.0 Å². The number of amides is 3. The molecule has 1 atom stereocenters. The van der Waals surface area contributed by atoms with Crippen molar-refractivity contribution in [2.45, 2.75) is 31.8 Å². The molecule has 27 heavy (non-hydrogen) atoms. The molecule has 0 spiro atoms. The number of rotatable bonds is 2. The number of urea groups is 1. The fourth-order valence-electron chi connectivity index (χ4n) is 3.84. The fraction of sp³-hybridized carbons (Fsp3) is 0.400. The minimum Gasteiger partial charge on any atom is -0.459 e. The number of hydrogen-bond acceptors (Lipinski definition) is 3. The van der Waals surface area contributed by atoms with Crippen LogP contribution in [0.1, 0.15) is 34.5 Å². The normalized spacial score (nSPS) is 19.5. The van der Waals surface area contributed by atoms with Crippen molar-refractivity contribution in [3.8, 4) is 0 Å². The molecule has 7 heteroatoms. The predicted octanol–water partition coefficient (Wildman–Crippen LogP) is 3.31. The molecule has 1 unspecified atom stereocenters. The summed E-state index contributed by atoms with van der Waals surface area (Å²) in [5, 5.41) is 3.86. The smallest absolute Gasteiger partial charge is 0.317 e. The van der Waals surface area contributed by atoms with Crippen LogP contribution in [-0.4, -0.2) is 47.4 Å². The second-order valence-corrected chi connectivity index (χ2v) is 7.47. The van der Waals surface area contributed by atoms with Crippen LogP contribution in [0.2, 0.25) is 5.02 Å². The number of nitrogens with one attached hydrogen (secondary N) is 1. The van der Waals surface area contributed by atoms with Gasteiger partial charge in [0.05, 0.1) is 6.26 Å². The molecule has 1 N–H and O–H groups in total. The van der Waals surface area contributed by atoms with Crippen molar-refractivity contribution < 1.29 is 14.0 Å². The highest BCUT2D eigenvalue weighted by molar-refractivity contribution is 6.31. The Bertz CT molecular complexity index is 837. The third-order valence-electron chi connectivity index (χ3n) is 5.26. The van der Waals surface area contributed by atoms with Gasteiger partial charge in [-0.15, -0.1) is 0 Å². The van der Waals surface area contributed by atoms with E-state index in [1.807, 2.05) is 23.1 Å². The van der Waals surface area contributed by atoms with E-state index in [4.69, 9.17) is 16.0 Å². The third kappa shape index (κ3) is 3.81. The van der Waals surface area contributed by atoms with Crippen molar-refractivity contribution in [1.29, 1.82) is 0 Å². The Morgan fingerprint density at radius 1 is 1.15 bits per heavy atom. The van der Waals surface area contributed by atoms with Gasteiger partial charge >= 0.3 is 6.03 Å². The quantitative estimate of drug-likeness (QED) is 0.859. The topological polar surface area (TPSA) is 65.8 Å². The summed E-state index contributed by atoms with van der Waals surface area (Å²) in [6.07, 6.45) is 3.98. The van der Waals surface area contributed by atoms with Crippen LogP contribution in [0.4, 0.5) is 4.79 Å². The molecule has 2 aliphatic heterocycles. The molecule has 2 aromatic rings. The van der Waals surface area contributed by atoms with E-state index in [9.17, 15) is 9.59 Å². The van der Waals surface area contributed by atoms with Crippen LogP contribution < -0.4 is 5.32 Å². The lowest BCUT2D eigenvalue weighted by Gasteiger charge is -2.35. The molecule has 1 aromatic heterocycles. The van der Waals surface area contributed by atoms with E-state index >= 15 is 0 Å². The summed E-state index contributed by atoms with van der Waals surface area (Å²) in [4.78, 5) is 28.7. The van der Waals surface area contributed by atoms with E-state index in [1.165, 1.54) is 6.26 Å². The second-order valence-electron chi connectivity index (χ2n) is 7.07. The van der Waals surface area contributed by atoms with Gasteiger partial charge < -0.3 is 19.5 Å². The van der Waals surface area contributed by atoms with Crippen LogP contribution in [0.5, 0.6) is 0 Å². The molecule has 1 fully saturated rings. The fourth-order valence-corrected chi connectivity index (χ4v) is 4.13. The van der Waals surface area contributed by atoms with Crippen LogP contribution in [0.3, 0.4) is 0 Å². The van der Waals surface area contributed by atoms with E-state index in [0.717, 1.165) is 35.4 Å². The van der Waals surface area contributed by atoms with Crippen molar-refractivity contribution >= 4 is 23.5 Å². The molecule has 2 aliphatic rings. The Kier molecular flexibility index (Phi) is 5.07. The molecule has 4 rings (SSSR count). The molecule has 0 aliphatic carbocycles. The average molecular weight is 388 g/mol. The van der Waals surface area contributed by atoms with Gasteiger partial charge in [0.25, 0.3) is 5.91 Å². The minimum absolute atomic E-state index is 0.0501. The van der Waals surface area contributed by atoms with Crippen molar-refractivity contribution in [1.82, 2.24) is 15.1 Å². The predicted molar refractivity (Wildman–Crippen MR) is 102 cm³/mol. The lowest BCUT2D eigenvalue weighted by Crippen LogP contribution is -2.53. The molecular formula is C20H22ClN3O3. The number of likely N-dealkylation sites (tertiary alicyclic amines) is 1. The maximum Gasteiger partial charge on any atom is 0.317 e. The molecule has 0 bridgehead atoms. The van der Waals surface area contributed by atoms with Gasteiger partial charge in [0, 0.05) is 37.2 Å². The van der Waals surface area contributed by atoms with Crippen LogP contribution >= 0.6 is 11.6 Å². The maximum atomic E-state index is 12.7. The Morgan fingerprint density at radius 3 is 2.85 bits per heavy atom. The molecule has 3 amide bonds. The second kappa shape index (κ2) is 7.64. The number of piperidine rings is 1. The highest BCUT2D eigenvalue weighted by atomic mass is 35.5. The first-order valence-electron chi connectivity index (χ1n) is 9.26. The molecule has 1 aromatic carbocycles. The Balaban J connectivity index is 1.36. The van der Waals surface area contributed by atoms with E-state index in [1.54, 1.807) is 17.0 Å². The van der Waals surface area contributed by atoms with Gasteiger partial charge in [-0.25, -0.2) is 4.79 Å². The lowest BCUT2D eigenvalue weighted by molar-refractivity contribution is 0.0662. The number of carbonyl (C=O) groups excluding carboxylic acids is 2. The van der Waals surface area contributed by atoms with Crippen molar-refractivity contribution in [3.63, 3.8) is 0 Å². The number of halogens is 1. The van der Waals surface area contributed by atoms with Crippen LogP contribution in [0, 0.1) is 0 Å². The van der Waals surface area contributed by atoms with Crippen molar-refractivity contribution in [2.24, 2.45) is 0 Å². The Morgan fingerprint density at radius 2 is 2.04 bits per heavy atom. The monoisotopic (exact) mass is 387 g/mol. The number of carbonyl (C=O) groups is 2. The Labute approximate surface area is 163 Å². The van der Waals surface area contributed by atoms with Gasteiger partial charge in [-0.3, -0.25) is 4.79 Å². The van der Waals surface area contributed by atoms with E-state index < -0.39 is 0 Å². The molecule has 0 radical (unpaired) electrons. The first-order valence-corrected chi connectivity index (χ1v) is 9.64. The average Bonchev–Trinajstić information content (AvgIpc) is 3.22. The molecule has 0 saturated carbocycles. The number of fused-ring (bicyclic) bond motifs is 1. The third-order valence-corrected chi connectivity index (χ3v) is 5.62. The van der Waals surface area contributed by atoms with E-state index in [-0.39, 0.29) is 18.0 Å². The van der Waals surface area contributed by atoms with Gasteiger partial charge in [-0.2, -0.15) is 0 Å². The number of furan rings is 1.